The van der Waals surface area contributed by atoms with Crippen LogP contribution in [0.25, 0.3) is 0 Å². The maximum absolute atomic E-state index is 13.4. The smallest absolute Gasteiger partial charge is 0.478 e. The van der Waals surface area contributed by atoms with Gasteiger partial charge in [-0.2, -0.15) is 0 Å². The second-order valence-corrected chi connectivity index (χ2v) is 17.8. The molecule has 0 aliphatic carbocycles. The van der Waals surface area contributed by atoms with Crippen LogP contribution < -0.4 is 10.4 Å². The molecule has 0 fully saturated rings. The van der Waals surface area contributed by atoms with E-state index < -0.39 is 8.56 Å². The fraction of sp³-hybridized carbons (Fsp3) is 0.625. The van der Waals surface area contributed by atoms with Crippen molar-refractivity contribution < 1.29 is 18.4 Å². The summed E-state index contributed by atoms with van der Waals surface area (Å²) < 4.78 is 12.7. The summed E-state index contributed by atoms with van der Waals surface area (Å²) in [6.07, 6.45) is 41.5. The lowest BCUT2D eigenvalue weighted by molar-refractivity contribution is -0.140. The van der Waals surface area contributed by atoms with Gasteiger partial charge in [0.2, 0.25) is 0 Å². The molecule has 0 amide bonds. The van der Waals surface area contributed by atoms with E-state index in [-0.39, 0.29) is 11.9 Å². The Kier molecular flexibility index (Phi) is 28.4. The lowest BCUT2D eigenvalue weighted by Crippen LogP contribution is -2.65. The van der Waals surface area contributed by atoms with E-state index in [1.807, 2.05) is 60.7 Å². The van der Waals surface area contributed by atoms with Crippen molar-refractivity contribution in [2.75, 3.05) is 0 Å². The van der Waals surface area contributed by atoms with Gasteiger partial charge in [0.05, 0.1) is 0 Å². The molecular weight excluding hydrogens is 669 g/mol. The van der Waals surface area contributed by atoms with Gasteiger partial charge in [0, 0.05) is 23.2 Å². The van der Waals surface area contributed by atoms with Gasteiger partial charge in [0.25, 0.3) is 11.9 Å². The summed E-state index contributed by atoms with van der Waals surface area (Å²) >= 11 is 0. The van der Waals surface area contributed by atoms with Crippen LogP contribution in [-0.4, -0.2) is 20.5 Å². The molecule has 0 saturated heterocycles. The van der Waals surface area contributed by atoms with Gasteiger partial charge in [-0.1, -0.05) is 202 Å². The molecule has 2 aromatic rings. The molecule has 0 bridgehead atoms. The van der Waals surface area contributed by atoms with Gasteiger partial charge in [-0.05, 0) is 64.2 Å². The number of carbonyl (C=O) groups is 2. The summed E-state index contributed by atoms with van der Waals surface area (Å²) in [5.74, 6) is -0.563. The normalized spacial score (nSPS) is 11.8. The van der Waals surface area contributed by atoms with Crippen LogP contribution in [0.2, 0.25) is 0 Å². The van der Waals surface area contributed by atoms with Crippen molar-refractivity contribution in [3.8, 4) is 0 Å². The van der Waals surface area contributed by atoms with Crippen molar-refractivity contribution >= 4 is 30.9 Å². The first kappa shape index (κ1) is 46.2. The number of unbranched alkanes of at least 4 members (excludes halogenated alkanes) is 22. The van der Waals surface area contributed by atoms with Crippen molar-refractivity contribution in [2.45, 2.75) is 194 Å². The van der Waals surface area contributed by atoms with Crippen LogP contribution in [0.1, 0.15) is 194 Å². The van der Waals surface area contributed by atoms with Crippen molar-refractivity contribution in [3.63, 3.8) is 0 Å². The standard InChI is InChI=1S/C48H76O4Si/c1-3-5-7-9-11-13-15-17-19-21-23-25-27-29-37-43-47(49)51-53(45-39-33-31-34-40-45,46-41-35-32-36-42-46)52-48(50)44-38-30-28-26-24-22-20-18-16-14-12-10-8-6-4-2/h17-20,31-36,39-42H,3-16,21-30,37-38,43-44H2,1-2H3/b19-17-,20-18-. The third-order valence-corrected chi connectivity index (χ3v) is 13.3. The average molecular weight is 745 g/mol. The Morgan fingerprint density at radius 3 is 1.02 bits per heavy atom. The van der Waals surface area contributed by atoms with Crippen molar-refractivity contribution in [1.29, 1.82) is 0 Å². The maximum atomic E-state index is 13.4. The van der Waals surface area contributed by atoms with E-state index in [1.165, 1.54) is 116 Å². The summed E-state index contributed by atoms with van der Waals surface area (Å²) in [4.78, 5) is 26.9. The Bertz CT molecular complexity index is 1110. The average Bonchev–Trinajstić information content (AvgIpc) is 3.18. The van der Waals surface area contributed by atoms with Crippen LogP contribution in [0, 0.1) is 0 Å². The Hall–Kier alpha value is -2.92. The fourth-order valence-electron chi connectivity index (χ4n) is 6.84. The quantitative estimate of drug-likeness (QED) is 0.0407. The van der Waals surface area contributed by atoms with Crippen LogP contribution in [-0.2, 0) is 18.4 Å². The minimum Gasteiger partial charge on any atom is -0.478 e. The molecular formula is C48H76O4Si. The van der Waals surface area contributed by atoms with Crippen molar-refractivity contribution in [2.24, 2.45) is 0 Å². The highest BCUT2D eigenvalue weighted by Gasteiger charge is 2.49. The van der Waals surface area contributed by atoms with Crippen LogP contribution in [0.3, 0.4) is 0 Å². The largest absolute Gasteiger partial charge is 0.534 e. The van der Waals surface area contributed by atoms with E-state index in [0.29, 0.717) is 12.8 Å². The number of rotatable bonds is 34. The molecule has 2 aromatic carbocycles. The summed E-state index contributed by atoms with van der Waals surface area (Å²) in [7, 11) is -3.61. The van der Waals surface area contributed by atoms with E-state index >= 15 is 0 Å². The van der Waals surface area contributed by atoms with Gasteiger partial charge in [0.1, 0.15) is 0 Å². The number of carbonyl (C=O) groups excluding carboxylic acids is 2. The predicted molar refractivity (Wildman–Crippen MR) is 229 cm³/mol. The zero-order chi connectivity index (χ0) is 37.9. The van der Waals surface area contributed by atoms with Crippen molar-refractivity contribution in [1.82, 2.24) is 0 Å². The molecule has 0 aliphatic heterocycles. The van der Waals surface area contributed by atoms with Gasteiger partial charge in [-0.25, -0.2) is 0 Å². The Morgan fingerprint density at radius 2 is 0.698 bits per heavy atom. The zero-order valence-electron chi connectivity index (χ0n) is 34.0. The molecule has 0 spiro atoms. The van der Waals surface area contributed by atoms with E-state index in [0.717, 1.165) is 61.7 Å². The molecule has 5 heteroatoms. The monoisotopic (exact) mass is 745 g/mol. The molecule has 0 aliphatic rings. The summed E-state index contributed by atoms with van der Waals surface area (Å²) in [5.41, 5.74) is 0. The molecule has 4 nitrogen and oxygen atoms in total. The Labute approximate surface area is 326 Å². The lowest BCUT2D eigenvalue weighted by Gasteiger charge is -2.30. The minimum atomic E-state index is -3.61. The predicted octanol–water partition coefficient (Wildman–Crippen LogP) is 13.4. The maximum Gasteiger partial charge on any atom is 0.534 e. The second-order valence-electron chi connectivity index (χ2n) is 15.0. The fourth-order valence-corrected chi connectivity index (χ4v) is 9.80. The van der Waals surface area contributed by atoms with Gasteiger partial charge in [-0.3, -0.25) is 9.59 Å². The highest BCUT2D eigenvalue weighted by Crippen LogP contribution is 2.17. The third kappa shape index (κ3) is 22.8. The van der Waals surface area contributed by atoms with Gasteiger partial charge < -0.3 is 8.85 Å². The first-order valence-electron chi connectivity index (χ1n) is 22.0. The molecule has 0 atom stereocenters. The first-order valence-corrected chi connectivity index (χ1v) is 23.8. The van der Waals surface area contributed by atoms with Gasteiger partial charge >= 0.3 is 8.56 Å². The molecule has 0 saturated carbocycles. The second kappa shape index (κ2) is 32.5. The van der Waals surface area contributed by atoms with Crippen LogP contribution >= 0.6 is 0 Å². The molecule has 0 radical (unpaired) electrons. The third-order valence-electron chi connectivity index (χ3n) is 10.1. The molecule has 2 rings (SSSR count). The highest BCUT2D eigenvalue weighted by molar-refractivity contribution is 6.94. The van der Waals surface area contributed by atoms with Crippen LogP contribution in [0.15, 0.2) is 85.0 Å². The Morgan fingerprint density at radius 1 is 0.415 bits per heavy atom. The van der Waals surface area contributed by atoms with E-state index in [4.69, 9.17) is 8.85 Å². The topological polar surface area (TPSA) is 52.6 Å². The summed E-state index contributed by atoms with van der Waals surface area (Å²) in [5, 5.41) is 1.56. The lowest BCUT2D eigenvalue weighted by atomic mass is 10.1. The molecule has 0 heterocycles. The summed E-state index contributed by atoms with van der Waals surface area (Å²) in [6, 6.07) is 19.3. The Balaban J connectivity index is 1.76. The number of allylic oxidation sites excluding steroid dienone is 4. The molecule has 0 N–H and O–H groups in total. The number of hydrogen-bond acceptors (Lipinski definition) is 4. The molecule has 296 valence electrons. The highest BCUT2D eigenvalue weighted by atomic mass is 28.4. The molecule has 0 aromatic heterocycles. The van der Waals surface area contributed by atoms with Crippen molar-refractivity contribution in [3.05, 3.63) is 85.0 Å². The SMILES string of the molecule is CCCCCCCC/C=C\CCCCCCCC(=O)O[Si](OC(=O)CCCCCCC/C=C\CCCCCCCC)(c1ccccc1)c1ccccc1. The van der Waals surface area contributed by atoms with E-state index in [9.17, 15) is 9.59 Å². The first-order chi connectivity index (χ1) is 26.1. The van der Waals surface area contributed by atoms with Crippen LogP contribution in [0.4, 0.5) is 0 Å². The van der Waals surface area contributed by atoms with Crippen LogP contribution in [0.5, 0.6) is 0 Å². The van der Waals surface area contributed by atoms with E-state index in [2.05, 4.69) is 38.2 Å². The van der Waals surface area contributed by atoms with E-state index in [1.54, 1.807) is 0 Å². The molecule has 53 heavy (non-hydrogen) atoms. The molecule has 0 unspecified atom stereocenters. The summed E-state index contributed by atoms with van der Waals surface area (Å²) in [6.45, 7) is 4.53. The van der Waals surface area contributed by atoms with Gasteiger partial charge in [-0.15, -0.1) is 0 Å². The number of benzene rings is 2. The van der Waals surface area contributed by atoms with Gasteiger partial charge in [0.15, 0.2) is 0 Å². The zero-order valence-corrected chi connectivity index (χ0v) is 35.0. The minimum absolute atomic E-state index is 0.282. The number of hydrogen-bond donors (Lipinski definition) is 0.